The lowest BCUT2D eigenvalue weighted by Gasteiger charge is -2.36. The molecule has 3 atom stereocenters. The largest absolute Gasteiger partial charge is 0.317 e. The van der Waals surface area contributed by atoms with Crippen molar-refractivity contribution in [2.24, 2.45) is 11.8 Å². The van der Waals surface area contributed by atoms with Crippen LogP contribution in [0.15, 0.2) is 18.2 Å². The Morgan fingerprint density at radius 1 is 1.16 bits per heavy atom. The minimum absolute atomic E-state index is 0.712. The van der Waals surface area contributed by atoms with Crippen LogP contribution in [0.5, 0.6) is 0 Å². The van der Waals surface area contributed by atoms with Crippen LogP contribution in [0.25, 0.3) is 0 Å². The zero-order valence-corrected chi connectivity index (χ0v) is 13.0. The molecule has 1 aliphatic rings. The third-order valence-corrected chi connectivity index (χ3v) is 5.11. The molecular weight excluding hydrogens is 230 g/mol. The molecule has 2 rings (SSSR count). The molecule has 1 nitrogen and oxygen atoms in total. The molecule has 3 unspecified atom stereocenters. The van der Waals surface area contributed by atoms with Crippen molar-refractivity contribution in [2.75, 3.05) is 7.05 Å². The Kier molecular flexibility index (Phi) is 5.04. The Morgan fingerprint density at radius 3 is 2.58 bits per heavy atom. The number of hydrogen-bond donors (Lipinski definition) is 1. The summed E-state index contributed by atoms with van der Waals surface area (Å²) in [5.41, 5.74) is 4.36. The van der Waals surface area contributed by atoms with Crippen molar-refractivity contribution in [3.63, 3.8) is 0 Å². The smallest absolute Gasteiger partial charge is 0.00957 e. The Labute approximate surface area is 118 Å². The maximum Gasteiger partial charge on any atom is 0.00957 e. The molecule has 1 aromatic carbocycles. The van der Waals surface area contributed by atoms with E-state index in [1.807, 2.05) is 0 Å². The fourth-order valence-electron chi connectivity index (χ4n) is 3.57. The first-order chi connectivity index (χ1) is 9.13. The van der Waals surface area contributed by atoms with Gasteiger partial charge in [-0.1, -0.05) is 31.5 Å². The summed E-state index contributed by atoms with van der Waals surface area (Å²) in [4.78, 5) is 0. The van der Waals surface area contributed by atoms with Crippen molar-refractivity contribution in [3.8, 4) is 0 Å². The van der Waals surface area contributed by atoms with Gasteiger partial charge in [0.15, 0.2) is 0 Å². The number of nitrogens with one attached hydrogen (secondary N) is 1. The summed E-state index contributed by atoms with van der Waals surface area (Å²) in [5, 5.41) is 3.54. The molecule has 1 heteroatoms. The van der Waals surface area contributed by atoms with Gasteiger partial charge in [0.1, 0.15) is 0 Å². The van der Waals surface area contributed by atoms with Crippen LogP contribution in [0.4, 0.5) is 0 Å². The second-order valence-electron chi connectivity index (χ2n) is 6.37. The monoisotopic (exact) mass is 259 g/mol. The Balaban J connectivity index is 2.07. The fraction of sp³-hybridized carbons (Fsp3) is 0.667. The lowest BCUT2D eigenvalue weighted by atomic mass is 9.74. The third-order valence-electron chi connectivity index (χ3n) is 5.11. The predicted molar refractivity (Wildman–Crippen MR) is 83.6 cm³/mol. The van der Waals surface area contributed by atoms with E-state index in [2.05, 4.69) is 51.3 Å². The van der Waals surface area contributed by atoms with Crippen molar-refractivity contribution < 1.29 is 0 Å². The van der Waals surface area contributed by atoms with E-state index in [0.717, 1.165) is 11.8 Å². The summed E-state index contributed by atoms with van der Waals surface area (Å²) in [5.74, 6) is 1.76. The van der Waals surface area contributed by atoms with E-state index < -0.39 is 0 Å². The number of aryl methyl sites for hydroxylation is 2. The van der Waals surface area contributed by atoms with Gasteiger partial charge in [-0.05, 0) is 75.1 Å². The maximum atomic E-state index is 3.54. The van der Waals surface area contributed by atoms with Crippen LogP contribution in [0, 0.1) is 25.7 Å². The number of rotatable bonds is 4. The van der Waals surface area contributed by atoms with Crippen LogP contribution < -0.4 is 5.32 Å². The van der Waals surface area contributed by atoms with Gasteiger partial charge >= 0.3 is 0 Å². The molecule has 0 bridgehead atoms. The minimum Gasteiger partial charge on any atom is -0.317 e. The highest BCUT2D eigenvalue weighted by Gasteiger charge is 2.28. The molecule has 0 heterocycles. The van der Waals surface area contributed by atoms with E-state index in [9.17, 15) is 0 Å². The summed E-state index contributed by atoms with van der Waals surface area (Å²) in [6.07, 6.45) is 6.74. The second-order valence-corrected chi connectivity index (χ2v) is 6.37. The normalized spacial score (nSPS) is 27.5. The lowest BCUT2D eigenvalue weighted by molar-refractivity contribution is 0.205. The SMILES string of the molecule is CCC1CCC(NC)C(Cc2ccc(C)c(C)c2)C1. The van der Waals surface area contributed by atoms with Gasteiger partial charge in [0.2, 0.25) is 0 Å². The highest BCUT2D eigenvalue weighted by Crippen LogP contribution is 2.33. The highest BCUT2D eigenvalue weighted by molar-refractivity contribution is 5.30. The molecule has 0 saturated heterocycles. The number of hydrogen-bond acceptors (Lipinski definition) is 1. The molecule has 1 fully saturated rings. The molecule has 106 valence electrons. The van der Waals surface area contributed by atoms with Gasteiger partial charge in [-0.25, -0.2) is 0 Å². The van der Waals surface area contributed by atoms with Crippen molar-refractivity contribution >= 4 is 0 Å². The maximum absolute atomic E-state index is 3.54. The van der Waals surface area contributed by atoms with Crippen molar-refractivity contribution in [2.45, 2.75) is 58.9 Å². The topological polar surface area (TPSA) is 12.0 Å². The molecule has 19 heavy (non-hydrogen) atoms. The van der Waals surface area contributed by atoms with Crippen LogP contribution in [-0.2, 0) is 6.42 Å². The van der Waals surface area contributed by atoms with Crippen LogP contribution in [0.1, 0.15) is 49.3 Å². The first kappa shape index (κ1) is 14.6. The molecular formula is C18H29N. The highest BCUT2D eigenvalue weighted by atomic mass is 14.9. The Hall–Kier alpha value is -0.820. The molecule has 0 aromatic heterocycles. The Bertz CT molecular complexity index is 410. The van der Waals surface area contributed by atoms with Gasteiger partial charge in [0, 0.05) is 6.04 Å². The van der Waals surface area contributed by atoms with E-state index in [1.54, 1.807) is 0 Å². The van der Waals surface area contributed by atoms with Crippen LogP contribution in [-0.4, -0.2) is 13.1 Å². The zero-order valence-electron chi connectivity index (χ0n) is 13.0. The summed E-state index contributed by atoms with van der Waals surface area (Å²) in [6.45, 7) is 6.77. The van der Waals surface area contributed by atoms with Gasteiger partial charge in [-0.15, -0.1) is 0 Å². The summed E-state index contributed by atoms with van der Waals surface area (Å²) < 4.78 is 0. The average Bonchev–Trinajstić information content (AvgIpc) is 2.43. The van der Waals surface area contributed by atoms with Crippen molar-refractivity contribution in [1.29, 1.82) is 0 Å². The number of benzene rings is 1. The van der Waals surface area contributed by atoms with Crippen molar-refractivity contribution in [3.05, 3.63) is 34.9 Å². The molecule has 0 aliphatic heterocycles. The van der Waals surface area contributed by atoms with E-state index >= 15 is 0 Å². The van der Waals surface area contributed by atoms with Gasteiger partial charge in [0.05, 0.1) is 0 Å². The van der Waals surface area contributed by atoms with Gasteiger partial charge < -0.3 is 5.32 Å². The van der Waals surface area contributed by atoms with Gasteiger partial charge in [-0.3, -0.25) is 0 Å². The van der Waals surface area contributed by atoms with Crippen LogP contribution in [0.2, 0.25) is 0 Å². The summed E-state index contributed by atoms with van der Waals surface area (Å²) in [6, 6.07) is 7.70. The van der Waals surface area contributed by atoms with Gasteiger partial charge in [0.25, 0.3) is 0 Å². The Morgan fingerprint density at radius 2 is 1.95 bits per heavy atom. The summed E-state index contributed by atoms with van der Waals surface area (Å²) in [7, 11) is 2.13. The first-order valence-electron chi connectivity index (χ1n) is 7.87. The molecule has 1 saturated carbocycles. The minimum atomic E-state index is 0.712. The zero-order chi connectivity index (χ0) is 13.8. The second kappa shape index (κ2) is 6.56. The standard InChI is InChI=1S/C18H29N/c1-5-15-8-9-18(19-4)17(11-15)12-16-7-6-13(2)14(3)10-16/h6-7,10,15,17-19H,5,8-9,11-12H2,1-4H3. The van der Waals surface area contributed by atoms with Crippen LogP contribution in [0.3, 0.4) is 0 Å². The average molecular weight is 259 g/mol. The van der Waals surface area contributed by atoms with E-state index in [0.29, 0.717) is 6.04 Å². The molecule has 1 N–H and O–H groups in total. The van der Waals surface area contributed by atoms with E-state index in [1.165, 1.54) is 48.8 Å². The molecule has 1 aliphatic carbocycles. The van der Waals surface area contributed by atoms with Crippen molar-refractivity contribution in [1.82, 2.24) is 5.32 Å². The predicted octanol–water partition coefficient (Wildman–Crippen LogP) is 4.26. The molecule has 0 amide bonds. The molecule has 0 radical (unpaired) electrons. The fourth-order valence-corrected chi connectivity index (χ4v) is 3.57. The molecule has 1 aromatic rings. The van der Waals surface area contributed by atoms with E-state index in [-0.39, 0.29) is 0 Å². The quantitative estimate of drug-likeness (QED) is 0.852. The van der Waals surface area contributed by atoms with Gasteiger partial charge in [-0.2, -0.15) is 0 Å². The summed E-state index contributed by atoms with van der Waals surface area (Å²) >= 11 is 0. The first-order valence-corrected chi connectivity index (χ1v) is 7.87. The third kappa shape index (κ3) is 3.60. The van der Waals surface area contributed by atoms with E-state index in [4.69, 9.17) is 0 Å². The lowest BCUT2D eigenvalue weighted by Crippen LogP contribution is -2.39. The molecule has 0 spiro atoms. The van der Waals surface area contributed by atoms with Crippen LogP contribution >= 0.6 is 0 Å².